The first-order chi connectivity index (χ1) is 11.0. The molecule has 0 spiro atoms. The van der Waals surface area contributed by atoms with E-state index >= 15 is 0 Å². The van der Waals surface area contributed by atoms with Gasteiger partial charge in [0.05, 0.1) is 17.2 Å². The molecule has 1 fully saturated rings. The van der Waals surface area contributed by atoms with Gasteiger partial charge in [0.2, 0.25) is 5.91 Å². The quantitative estimate of drug-likeness (QED) is 0.892. The van der Waals surface area contributed by atoms with E-state index in [1.54, 1.807) is 12.0 Å². The number of nitrogens with zero attached hydrogens (tertiary/aromatic N) is 1. The van der Waals surface area contributed by atoms with Crippen LogP contribution in [0.25, 0.3) is 0 Å². The number of likely N-dealkylation sites (tertiary alicyclic amines) is 1. The van der Waals surface area contributed by atoms with Crippen LogP contribution in [0.15, 0.2) is 18.2 Å². The third kappa shape index (κ3) is 4.65. The zero-order chi connectivity index (χ0) is 16.8. The molecule has 0 atom stereocenters. The van der Waals surface area contributed by atoms with E-state index in [1.807, 2.05) is 0 Å². The first-order valence-corrected chi connectivity index (χ1v) is 7.92. The molecule has 5 nitrogen and oxygen atoms in total. The lowest BCUT2D eigenvalue weighted by molar-refractivity contribution is -0.122. The van der Waals surface area contributed by atoms with Crippen molar-refractivity contribution in [2.75, 3.05) is 26.8 Å². The molecule has 0 bridgehead atoms. The number of halogens is 2. The Morgan fingerprint density at radius 3 is 2.70 bits per heavy atom. The predicted molar refractivity (Wildman–Crippen MR) is 85.0 cm³/mol. The Morgan fingerprint density at radius 1 is 1.39 bits per heavy atom. The molecule has 0 aromatic heterocycles. The summed E-state index contributed by atoms with van der Waals surface area (Å²) in [7, 11) is 1.55. The number of nitrogens with one attached hydrogen (secondary N) is 1. The number of hydrogen-bond donors (Lipinski definition) is 1. The van der Waals surface area contributed by atoms with E-state index in [-0.39, 0.29) is 22.5 Å². The molecule has 0 unspecified atom stereocenters. The summed E-state index contributed by atoms with van der Waals surface area (Å²) >= 11 is 5.93. The highest BCUT2D eigenvalue weighted by Gasteiger charge is 2.27. The second-order valence-electron chi connectivity index (χ2n) is 5.47. The summed E-state index contributed by atoms with van der Waals surface area (Å²) in [5, 5.41) is 3.03. The maximum atomic E-state index is 13.8. The Bertz CT molecular complexity index is 554. The minimum absolute atomic E-state index is 0.0273. The molecule has 126 valence electrons. The smallest absolute Gasteiger partial charge is 0.258 e. The van der Waals surface area contributed by atoms with Crippen molar-refractivity contribution in [2.24, 2.45) is 0 Å². The van der Waals surface area contributed by atoms with Crippen molar-refractivity contribution in [3.8, 4) is 0 Å². The summed E-state index contributed by atoms with van der Waals surface area (Å²) in [6.07, 6.45) is 1.59. The van der Waals surface area contributed by atoms with Gasteiger partial charge in [-0.05, 0) is 25.0 Å². The van der Waals surface area contributed by atoms with Gasteiger partial charge in [-0.25, -0.2) is 4.39 Å². The Hall–Kier alpha value is -1.66. The maximum absolute atomic E-state index is 13.8. The summed E-state index contributed by atoms with van der Waals surface area (Å²) in [6, 6.07) is 4.22. The fraction of sp³-hybridized carbons (Fsp3) is 0.500. The van der Waals surface area contributed by atoms with E-state index in [1.165, 1.54) is 18.2 Å². The summed E-state index contributed by atoms with van der Waals surface area (Å²) in [5.41, 5.74) is -0.0863. The second-order valence-corrected chi connectivity index (χ2v) is 5.88. The van der Waals surface area contributed by atoms with Crippen molar-refractivity contribution in [1.29, 1.82) is 0 Å². The molecule has 23 heavy (non-hydrogen) atoms. The van der Waals surface area contributed by atoms with Crippen LogP contribution in [0.2, 0.25) is 5.02 Å². The Labute approximate surface area is 139 Å². The molecule has 2 amide bonds. The fourth-order valence-corrected chi connectivity index (χ4v) is 2.83. The molecule has 2 rings (SSSR count). The largest absolute Gasteiger partial charge is 0.384 e. The van der Waals surface area contributed by atoms with Crippen LogP contribution >= 0.6 is 11.6 Å². The minimum atomic E-state index is -0.613. The van der Waals surface area contributed by atoms with E-state index in [4.69, 9.17) is 16.3 Å². The molecule has 1 heterocycles. The van der Waals surface area contributed by atoms with Gasteiger partial charge < -0.3 is 15.0 Å². The third-order valence-electron chi connectivity index (χ3n) is 3.86. The molecule has 0 aliphatic carbocycles. The molecular weight excluding hydrogens is 323 g/mol. The van der Waals surface area contributed by atoms with Crippen molar-refractivity contribution in [2.45, 2.75) is 25.3 Å². The molecule has 0 saturated carbocycles. The number of benzene rings is 1. The lowest BCUT2D eigenvalue weighted by Crippen LogP contribution is -2.46. The molecule has 0 radical (unpaired) electrons. The number of carbonyl (C=O) groups is 2. The van der Waals surface area contributed by atoms with Crippen molar-refractivity contribution in [3.05, 3.63) is 34.6 Å². The fourth-order valence-electron chi connectivity index (χ4n) is 2.58. The number of hydrogen-bond acceptors (Lipinski definition) is 3. The zero-order valence-electron chi connectivity index (χ0n) is 13.0. The first-order valence-electron chi connectivity index (χ1n) is 7.54. The van der Waals surface area contributed by atoms with Gasteiger partial charge in [0.15, 0.2) is 0 Å². The van der Waals surface area contributed by atoms with Gasteiger partial charge >= 0.3 is 0 Å². The Morgan fingerprint density at radius 2 is 2.09 bits per heavy atom. The van der Waals surface area contributed by atoms with Gasteiger partial charge in [0.25, 0.3) is 5.91 Å². The standard InChI is InChI=1S/C16H20ClFN2O3/c1-23-10-7-14(21)19-11-5-8-20(9-6-11)16(22)15-12(17)3-2-4-13(15)18/h2-4,11H,5-10H2,1H3,(H,19,21). The number of rotatable bonds is 5. The van der Waals surface area contributed by atoms with Crippen LogP contribution in [-0.2, 0) is 9.53 Å². The lowest BCUT2D eigenvalue weighted by atomic mass is 10.0. The zero-order valence-corrected chi connectivity index (χ0v) is 13.7. The van der Waals surface area contributed by atoms with Gasteiger partial charge in [0.1, 0.15) is 5.82 Å². The minimum Gasteiger partial charge on any atom is -0.384 e. The van der Waals surface area contributed by atoms with E-state index < -0.39 is 11.7 Å². The number of ether oxygens (including phenoxy) is 1. The van der Waals surface area contributed by atoms with Crippen LogP contribution in [0.5, 0.6) is 0 Å². The Kier molecular flexibility index (Phi) is 6.36. The van der Waals surface area contributed by atoms with Crippen molar-refractivity contribution < 1.29 is 18.7 Å². The third-order valence-corrected chi connectivity index (χ3v) is 4.17. The topological polar surface area (TPSA) is 58.6 Å². The molecule has 1 aromatic rings. The highest BCUT2D eigenvalue weighted by atomic mass is 35.5. The molecule has 7 heteroatoms. The van der Waals surface area contributed by atoms with E-state index in [2.05, 4.69) is 5.32 Å². The Balaban J connectivity index is 1.89. The van der Waals surface area contributed by atoms with Gasteiger partial charge in [-0.3, -0.25) is 9.59 Å². The average molecular weight is 343 g/mol. The lowest BCUT2D eigenvalue weighted by Gasteiger charge is -2.32. The molecule has 1 aliphatic rings. The predicted octanol–water partition coefficient (Wildman–Crippen LogP) is 2.24. The molecule has 1 aliphatic heterocycles. The SMILES string of the molecule is COCCC(=O)NC1CCN(C(=O)c2c(F)cccc2Cl)CC1. The summed E-state index contributed by atoms with van der Waals surface area (Å²) in [4.78, 5) is 25.6. The van der Waals surface area contributed by atoms with E-state index in [9.17, 15) is 14.0 Å². The number of carbonyl (C=O) groups excluding carboxylic acids is 2. The monoisotopic (exact) mass is 342 g/mol. The highest BCUT2D eigenvalue weighted by Crippen LogP contribution is 2.22. The van der Waals surface area contributed by atoms with Gasteiger partial charge in [0, 0.05) is 32.7 Å². The van der Waals surface area contributed by atoms with Crippen LogP contribution < -0.4 is 5.32 Å². The van der Waals surface area contributed by atoms with Crippen LogP contribution in [0.3, 0.4) is 0 Å². The molecule has 1 saturated heterocycles. The van der Waals surface area contributed by atoms with Crippen LogP contribution in [0.1, 0.15) is 29.6 Å². The average Bonchev–Trinajstić information content (AvgIpc) is 2.53. The molecule has 1 aromatic carbocycles. The molecule has 1 N–H and O–H groups in total. The van der Waals surface area contributed by atoms with Gasteiger partial charge in [-0.15, -0.1) is 0 Å². The van der Waals surface area contributed by atoms with Crippen LogP contribution in [0.4, 0.5) is 4.39 Å². The van der Waals surface area contributed by atoms with Crippen molar-refractivity contribution in [3.63, 3.8) is 0 Å². The first kappa shape index (κ1) is 17.7. The number of amides is 2. The molecular formula is C16H20ClFN2O3. The van der Waals surface area contributed by atoms with E-state index in [0.29, 0.717) is 39.0 Å². The highest BCUT2D eigenvalue weighted by molar-refractivity contribution is 6.33. The van der Waals surface area contributed by atoms with Gasteiger partial charge in [-0.1, -0.05) is 17.7 Å². The second kappa shape index (κ2) is 8.26. The maximum Gasteiger partial charge on any atom is 0.258 e. The van der Waals surface area contributed by atoms with Crippen molar-refractivity contribution >= 4 is 23.4 Å². The van der Waals surface area contributed by atoms with Crippen LogP contribution in [0, 0.1) is 5.82 Å². The normalized spacial score (nSPS) is 15.5. The summed E-state index contributed by atoms with van der Waals surface area (Å²) in [6.45, 7) is 1.30. The van der Waals surface area contributed by atoms with Crippen molar-refractivity contribution in [1.82, 2.24) is 10.2 Å². The summed E-state index contributed by atoms with van der Waals surface area (Å²) in [5.74, 6) is -1.08. The number of methoxy groups -OCH3 is 1. The number of piperidine rings is 1. The van der Waals surface area contributed by atoms with E-state index in [0.717, 1.165) is 0 Å². The summed E-state index contributed by atoms with van der Waals surface area (Å²) < 4.78 is 18.7. The van der Waals surface area contributed by atoms with Crippen LogP contribution in [-0.4, -0.2) is 49.6 Å². The van der Waals surface area contributed by atoms with Gasteiger partial charge in [-0.2, -0.15) is 0 Å².